The van der Waals surface area contributed by atoms with Gasteiger partial charge in [0.05, 0.1) is 0 Å². The predicted octanol–water partition coefficient (Wildman–Crippen LogP) is 1.02. The normalized spacial score (nSPS) is 21.3. The lowest BCUT2D eigenvalue weighted by Gasteiger charge is -2.24. The number of aliphatic hydroxyl groups is 1. The standard InChI is InChI=1S/C6H13NOS2/c8-3-1-2-7-4-9-6-10-5-7/h8H,1-6H2. The first-order chi connectivity index (χ1) is 4.93. The van der Waals surface area contributed by atoms with Gasteiger partial charge in [-0.3, -0.25) is 4.90 Å². The van der Waals surface area contributed by atoms with Crippen molar-refractivity contribution in [3.05, 3.63) is 0 Å². The van der Waals surface area contributed by atoms with E-state index in [9.17, 15) is 0 Å². The summed E-state index contributed by atoms with van der Waals surface area (Å²) in [6.45, 7) is 1.38. The number of hydrogen-bond acceptors (Lipinski definition) is 4. The SMILES string of the molecule is OCCCN1CSCSC1. The Hall–Kier alpha value is 0.620. The second-order valence-corrected chi connectivity index (χ2v) is 4.53. The topological polar surface area (TPSA) is 23.5 Å². The number of hydrogen-bond donors (Lipinski definition) is 1. The Labute approximate surface area is 70.4 Å². The van der Waals surface area contributed by atoms with Crippen molar-refractivity contribution >= 4 is 23.5 Å². The van der Waals surface area contributed by atoms with Gasteiger partial charge in [-0.15, -0.1) is 23.5 Å². The van der Waals surface area contributed by atoms with Crippen LogP contribution in [-0.4, -0.2) is 40.0 Å². The van der Waals surface area contributed by atoms with Crippen LogP contribution >= 0.6 is 23.5 Å². The van der Waals surface area contributed by atoms with Crippen LogP contribution in [-0.2, 0) is 0 Å². The molecule has 0 radical (unpaired) electrons. The molecule has 0 bridgehead atoms. The largest absolute Gasteiger partial charge is 0.396 e. The average molecular weight is 179 g/mol. The van der Waals surface area contributed by atoms with E-state index in [0.29, 0.717) is 6.61 Å². The molecule has 10 heavy (non-hydrogen) atoms. The van der Waals surface area contributed by atoms with Crippen LogP contribution in [0.1, 0.15) is 6.42 Å². The highest BCUT2D eigenvalue weighted by atomic mass is 32.2. The maximum atomic E-state index is 8.56. The van der Waals surface area contributed by atoms with Crippen molar-refractivity contribution in [3.63, 3.8) is 0 Å². The Kier molecular flexibility index (Phi) is 4.61. The van der Waals surface area contributed by atoms with Gasteiger partial charge in [0.2, 0.25) is 0 Å². The van der Waals surface area contributed by atoms with Gasteiger partial charge in [-0.05, 0) is 6.42 Å². The Bertz CT molecular complexity index is 85.8. The smallest absolute Gasteiger partial charge is 0.0460 e. The summed E-state index contributed by atoms with van der Waals surface area (Å²) in [6.07, 6.45) is 0.918. The summed E-state index contributed by atoms with van der Waals surface area (Å²) < 4.78 is 0. The first-order valence-corrected chi connectivity index (χ1v) is 5.73. The summed E-state index contributed by atoms with van der Waals surface area (Å²) in [4.78, 5) is 2.37. The van der Waals surface area contributed by atoms with Gasteiger partial charge in [-0.1, -0.05) is 0 Å². The second kappa shape index (κ2) is 5.29. The van der Waals surface area contributed by atoms with Crippen molar-refractivity contribution in [3.8, 4) is 0 Å². The van der Waals surface area contributed by atoms with Gasteiger partial charge in [0.15, 0.2) is 0 Å². The third kappa shape index (κ3) is 3.14. The highest BCUT2D eigenvalue weighted by molar-refractivity contribution is 8.16. The molecule has 0 saturated carbocycles. The first-order valence-electron chi connectivity index (χ1n) is 3.42. The van der Waals surface area contributed by atoms with E-state index in [4.69, 9.17) is 5.11 Å². The van der Waals surface area contributed by atoms with Crippen molar-refractivity contribution in [2.24, 2.45) is 0 Å². The zero-order chi connectivity index (χ0) is 7.23. The lowest BCUT2D eigenvalue weighted by atomic mass is 10.4. The molecule has 1 aliphatic rings. The number of thioether (sulfide) groups is 2. The van der Waals surface area contributed by atoms with Crippen LogP contribution in [0.4, 0.5) is 0 Å². The third-order valence-corrected chi connectivity index (χ3v) is 3.78. The quantitative estimate of drug-likeness (QED) is 0.699. The summed E-state index contributed by atoms with van der Waals surface area (Å²) in [5.74, 6) is 2.29. The van der Waals surface area contributed by atoms with Gasteiger partial charge in [0, 0.05) is 30.0 Å². The molecule has 0 atom stereocenters. The van der Waals surface area contributed by atoms with Crippen LogP contribution in [0.5, 0.6) is 0 Å². The van der Waals surface area contributed by atoms with Crippen molar-refractivity contribution < 1.29 is 5.11 Å². The maximum absolute atomic E-state index is 8.56. The minimum absolute atomic E-state index is 0.325. The van der Waals surface area contributed by atoms with Crippen LogP contribution in [0, 0.1) is 0 Å². The van der Waals surface area contributed by atoms with Gasteiger partial charge >= 0.3 is 0 Å². The fourth-order valence-electron chi connectivity index (χ4n) is 0.852. The molecule has 0 spiro atoms. The molecule has 1 heterocycles. The highest BCUT2D eigenvalue weighted by Crippen LogP contribution is 2.21. The second-order valence-electron chi connectivity index (χ2n) is 2.26. The van der Waals surface area contributed by atoms with Crippen LogP contribution in [0.3, 0.4) is 0 Å². The minimum Gasteiger partial charge on any atom is -0.396 e. The van der Waals surface area contributed by atoms with Crippen molar-refractivity contribution in [1.29, 1.82) is 0 Å². The lowest BCUT2D eigenvalue weighted by Crippen LogP contribution is -2.27. The molecule has 4 heteroatoms. The van der Waals surface area contributed by atoms with E-state index in [1.807, 2.05) is 23.5 Å². The van der Waals surface area contributed by atoms with Crippen LogP contribution in [0.15, 0.2) is 0 Å². The third-order valence-electron chi connectivity index (χ3n) is 1.35. The van der Waals surface area contributed by atoms with E-state index in [2.05, 4.69) is 4.90 Å². The van der Waals surface area contributed by atoms with E-state index in [-0.39, 0.29) is 0 Å². The first kappa shape index (κ1) is 8.71. The summed E-state index contributed by atoms with van der Waals surface area (Å²) in [5.41, 5.74) is 0. The van der Waals surface area contributed by atoms with Crippen LogP contribution in [0.2, 0.25) is 0 Å². The zero-order valence-corrected chi connectivity index (χ0v) is 7.59. The molecule has 1 saturated heterocycles. The van der Waals surface area contributed by atoms with E-state index in [1.54, 1.807) is 0 Å². The van der Waals surface area contributed by atoms with Crippen molar-refractivity contribution in [1.82, 2.24) is 4.90 Å². The average Bonchev–Trinajstić information content (AvgIpc) is 2.03. The van der Waals surface area contributed by atoms with Crippen molar-refractivity contribution in [2.75, 3.05) is 30.0 Å². The van der Waals surface area contributed by atoms with Gasteiger partial charge in [-0.2, -0.15) is 0 Å². The molecule has 0 aliphatic carbocycles. The summed E-state index contributed by atoms with van der Waals surface area (Å²) in [6, 6.07) is 0. The van der Waals surface area contributed by atoms with Crippen LogP contribution in [0.25, 0.3) is 0 Å². The fourth-order valence-corrected chi connectivity index (χ4v) is 2.99. The molecule has 0 aromatic heterocycles. The van der Waals surface area contributed by atoms with E-state index >= 15 is 0 Å². The van der Waals surface area contributed by atoms with Gasteiger partial charge in [0.25, 0.3) is 0 Å². The van der Waals surface area contributed by atoms with Crippen LogP contribution < -0.4 is 0 Å². The Morgan fingerprint density at radius 1 is 1.30 bits per heavy atom. The van der Waals surface area contributed by atoms with Gasteiger partial charge < -0.3 is 5.11 Å². The maximum Gasteiger partial charge on any atom is 0.0460 e. The summed E-state index contributed by atoms with van der Waals surface area (Å²) in [7, 11) is 0. The molecule has 1 rings (SSSR count). The monoisotopic (exact) mass is 179 g/mol. The number of aliphatic hydroxyl groups excluding tert-OH is 1. The molecule has 0 unspecified atom stereocenters. The molecule has 1 fully saturated rings. The van der Waals surface area contributed by atoms with E-state index in [1.165, 1.54) is 5.08 Å². The predicted molar refractivity (Wildman–Crippen MR) is 48.2 cm³/mol. The van der Waals surface area contributed by atoms with E-state index < -0.39 is 0 Å². The van der Waals surface area contributed by atoms with Crippen molar-refractivity contribution in [2.45, 2.75) is 6.42 Å². The molecule has 1 N–H and O–H groups in total. The van der Waals surface area contributed by atoms with E-state index in [0.717, 1.165) is 24.7 Å². The molecular formula is C6H13NOS2. The highest BCUT2D eigenvalue weighted by Gasteiger charge is 2.08. The Morgan fingerprint density at radius 2 is 2.00 bits per heavy atom. The van der Waals surface area contributed by atoms with Gasteiger partial charge in [0.1, 0.15) is 0 Å². The lowest BCUT2D eigenvalue weighted by molar-refractivity contribution is 0.257. The molecule has 0 aromatic rings. The summed E-state index contributed by atoms with van der Waals surface area (Å²) >= 11 is 3.92. The Morgan fingerprint density at radius 3 is 2.60 bits per heavy atom. The molecule has 0 amide bonds. The summed E-state index contributed by atoms with van der Waals surface area (Å²) in [5, 5.41) is 9.79. The molecule has 1 aliphatic heterocycles. The molecule has 0 aromatic carbocycles. The molecular weight excluding hydrogens is 166 g/mol. The zero-order valence-electron chi connectivity index (χ0n) is 5.95. The van der Waals surface area contributed by atoms with Gasteiger partial charge in [-0.25, -0.2) is 0 Å². The number of nitrogens with zero attached hydrogens (tertiary/aromatic N) is 1. The fraction of sp³-hybridized carbons (Fsp3) is 1.00. The Balaban J connectivity index is 2.02. The number of rotatable bonds is 3. The minimum atomic E-state index is 0.325. The molecule has 60 valence electrons. The molecule has 2 nitrogen and oxygen atoms in total.